The summed E-state index contributed by atoms with van der Waals surface area (Å²) in [5, 5.41) is 1.93. The first-order chi connectivity index (χ1) is 7.33. The summed E-state index contributed by atoms with van der Waals surface area (Å²) in [5.41, 5.74) is 5.42. The van der Waals surface area contributed by atoms with Crippen LogP contribution in [0.4, 0.5) is 0 Å². The summed E-state index contributed by atoms with van der Waals surface area (Å²) in [6.07, 6.45) is 2.39. The van der Waals surface area contributed by atoms with Crippen LogP contribution in [0.25, 0.3) is 10.6 Å². The third-order valence-corrected chi connectivity index (χ3v) is 2.89. The van der Waals surface area contributed by atoms with Crippen LogP contribution in [-0.2, 0) is 6.42 Å². The van der Waals surface area contributed by atoms with Crippen LogP contribution in [0.2, 0.25) is 0 Å². The molecule has 0 fully saturated rings. The molecule has 2 heterocycles. The third-order valence-electron chi connectivity index (χ3n) is 1.97. The van der Waals surface area contributed by atoms with Crippen molar-refractivity contribution in [1.29, 1.82) is 0 Å². The predicted octanol–water partition coefficient (Wildman–Crippen LogP) is 1.91. The second-order valence-corrected chi connectivity index (χ2v) is 3.92. The lowest BCUT2D eigenvalue weighted by Crippen LogP contribution is -2.02. The zero-order valence-corrected chi connectivity index (χ0v) is 9.21. The topological polar surface area (TPSA) is 61.3 Å². The zero-order chi connectivity index (χ0) is 10.7. The van der Waals surface area contributed by atoms with E-state index in [9.17, 15) is 0 Å². The summed E-state index contributed by atoms with van der Waals surface area (Å²) < 4.78 is 10.6. The summed E-state index contributed by atoms with van der Waals surface area (Å²) in [7, 11) is 1.64. The highest BCUT2D eigenvalue weighted by molar-refractivity contribution is 7.13. The molecule has 4 nitrogen and oxygen atoms in total. The predicted molar refractivity (Wildman–Crippen MR) is 59.1 cm³/mol. The molecule has 0 atom stereocenters. The van der Waals surface area contributed by atoms with Gasteiger partial charge >= 0.3 is 0 Å². The van der Waals surface area contributed by atoms with Gasteiger partial charge in [0.2, 0.25) is 0 Å². The van der Waals surface area contributed by atoms with Crippen LogP contribution in [0.5, 0.6) is 5.75 Å². The van der Waals surface area contributed by atoms with Crippen molar-refractivity contribution in [1.82, 2.24) is 4.98 Å². The Hall–Kier alpha value is -1.33. The Morgan fingerprint density at radius 2 is 2.47 bits per heavy atom. The molecule has 0 spiro atoms. The molecule has 0 radical (unpaired) electrons. The SMILES string of the molecule is COc1csc(-c2cnc(CCN)o2)c1. The van der Waals surface area contributed by atoms with Gasteiger partial charge in [-0.05, 0) is 0 Å². The maximum atomic E-state index is 5.53. The van der Waals surface area contributed by atoms with Crippen molar-refractivity contribution in [2.75, 3.05) is 13.7 Å². The molecule has 0 saturated heterocycles. The van der Waals surface area contributed by atoms with Crippen molar-refractivity contribution in [2.45, 2.75) is 6.42 Å². The van der Waals surface area contributed by atoms with Gasteiger partial charge in [-0.2, -0.15) is 0 Å². The second kappa shape index (κ2) is 4.46. The van der Waals surface area contributed by atoms with Crippen molar-refractivity contribution in [3.63, 3.8) is 0 Å². The normalized spacial score (nSPS) is 10.5. The first-order valence-electron chi connectivity index (χ1n) is 4.61. The lowest BCUT2D eigenvalue weighted by atomic mass is 10.4. The maximum Gasteiger partial charge on any atom is 0.196 e. The standard InChI is InChI=1S/C10H12N2O2S/c1-13-7-4-9(15-6-7)8-5-12-10(14-8)2-3-11/h4-6H,2-3,11H2,1H3. The molecule has 0 aliphatic heterocycles. The van der Waals surface area contributed by atoms with Gasteiger partial charge in [0, 0.05) is 24.4 Å². The number of nitrogens with two attached hydrogens (primary N) is 1. The molecule has 0 saturated carbocycles. The minimum Gasteiger partial charge on any atom is -0.496 e. The molecule has 15 heavy (non-hydrogen) atoms. The summed E-state index contributed by atoms with van der Waals surface area (Å²) in [6, 6.07) is 1.93. The second-order valence-electron chi connectivity index (χ2n) is 3.01. The summed E-state index contributed by atoms with van der Waals surface area (Å²) in [4.78, 5) is 5.15. The van der Waals surface area contributed by atoms with Gasteiger partial charge in [0.25, 0.3) is 0 Å². The Labute approximate surface area is 91.7 Å². The van der Waals surface area contributed by atoms with E-state index in [-0.39, 0.29) is 0 Å². The van der Waals surface area contributed by atoms with Gasteiger partial charge in [0.1, 0.15) is 5.75 Å². The molecule has 0 unspecified atom stereocenters. The molecule has 0 aliphatic rings. The van der Waals surface area contributed by atoms with Crippen LogP contribution in [0.3, 0.4) is 0 Å². The van der Waals surface area contributed by atoms with Gasteiger partial charge in [-0.15, -0.1) is 11.3 Å². The Bertz CT molecular complexity index is 436. The molecule has 0 amide bonds. The van der Waals surface area contributed by atoms with E-state index in [2.05, 4.69) is 4.98 Å². The van der Waals surface area contributed by atoms with E-state index in [0.29, 0.717) is 18.9 Å². The quantitative estimate of drug-likeness (QED) is 0.861. The van der Waals surface area contributed by atoms with Crippen LogP contribution in [0.15, 0.2) is 22.1 Å². The van der Waals surface area contributed by atoms with Crippen LogP contribution in [0.1, 0.15) is 5.89 Å². The number of oxazole rings is 1. The number of hydrogen-bond donors (Lipinski definition) is 1. The lowest BCUT2D eigenvalue weighted by Gasteiger charge is -1.91. The molecule has 2 aromatic heterocycles. The van der Waals surface area contributed by atoms with E-state index in [0.717, 1.165) is 16.4 Å². The average Bonchev–Trinajstić information content (AvgIpc) is 2.85. The van der Waals surface area contributed by atoms with Gasteiger partial charge in [-0.25, -0.2) is 4.98 Å². The van der Waals surface area contributed by atoms with Gasteiger partial charge in [0.05, 0.1) is 18.2 Å². The fraction of sp³-hybridized carbons (Fsp3) is 0.300. The van der Waals surface area contributed by atoms with Gasteiger partial charge in [0.15, 0.2) is 11.7 Å². The first-order valence-corrected chi connectivity index (χ1v) is 5.49. The smallest absolute Gasteiger partial charge is 0.196 e. The molecule has 2 N–H and O–H groups in total. The van der Waals surface area contributed by atoms with Crippen molar-refractivity contribution < 1.29 is 9.15 Å². The third kappa shape index (κ3) is 2.19. The van der Waals surface area contributed by atoms with E-state index < -0.39 is 0 Å². The van der Waals surface area contributed by atoms with Crippen LogP contribution >= 0.6 is 11.3 Å². The Morgan fingerprint density at radius 1 is 1.60 bits per heavy atom. The molecular weight excluding hydrogens is 212 g/mol. The van der Waals surface area contributed by atoms with Gasteiger partial charge in [-0.1, -0.05) is 0 Å². The summed E-state index contributed by atoms with van der Waals surface area (Å²) in [5.74, 6) is 2.29. The molecule has 5 heteroatoms. The minimum atomic E-state index is 0.549. The number of thiophene rings is 1. The molecule has 0 aromatic carbocycles. The van der Waals surface area contributed by atoms with Gasteiger partial charge in [-0.3, -0.25) is 0 Å². The number of hydrogen-bond acceptors (Lipinski definition) is 5. The largest absolute Gasteiger partial charge is 0.496 e. The van der Waals surface area contributed by atoms with Crippen molar-refractivity contribution >= 4 is 11.3 Å². The van der Waals surface area contributed by atoms with E-state index in [1.807, 2.05) is 11.4 Å². The zero-order valence-electron chi connectivity index (χ0n) is 8.40. The number of rotatable bonds is 4. The number of nitrogens with zero attached hydrogens (tertiary/aromatic N) is 1. The molecule has 0 bridgehead atoms. The number of methoxy groups -OCH3 is 1. The Balaban J connectivity index is 2.21. The summed E-state index contributed by atoms with van der Waals surface area (Å²) >= 11 is 1.57. The Kier molecular flexibility index (Phi) is 3.03. The van der Waals surface area contributed by atoms with E-state index in [4.69, 9.17) is 14.9 Å². The number of ether oxygens (including phenoxy) is 1. The molecule has 0 aliphatic carbocycles. The molecule has 80 valence electrons. The molecule has 2 rings (SSSR count). The molecular formula is C10H12N2O2S. The fourth-order valence-corrected chi connectivity index (χ4v) is 2.02. The Morgan fingerprint density at radius 3 is 3.13 bits per heavy atom. The summed E-state index contributed by atoms with van der Waals surface area (Å²) in [6.45, 7) is 0.549. The maximum absolute atomic E-state index is 5.53. The van der Waals surface area contributed by atoms with Crippen molar-refractivity contribution in [3.05, 3.63) is 23.5 Å². The fourth-order valence-electron chi connectivity index (χ4n) is 1.22. The average molecular weight is 224 g/mol. The van der Waals surface area contributed by atoms with Gasteiger partial charge < -0.3 is 14.9 Å². The van der Waals surface area contributed by atoms with Crippen molar-refractivity contribution in [2.24, 2.45) is 5.73 Å². The highest BCUT2D eigenvalue weighted by atomic mass is 32.1. The highest BCUT2D eigenvalue weighted by Gasteiger charge is 2.08. The lowest BCUT2D eigenvalue weighted by molar-refractivity contribution is 0.416. The first kappa shape index (κ1) is 10.2. The van der Waals surface area contributed by atoms with E-state index in [1.165, 1.54) is 0 Å². The van der Waals surface area contributed by atoms with Crippen LogP contribution in [0, 0.1) is 0 Å². The number of aromatic nitrogens is 1. The van der Waals surface area contributed by atoms with Crippen LogP contribution in [-0.4, -0.2) is 18.6 Å². The van der Waals surface area contributed by atoms with E-state index >= 15 is 0 Å². The van der Waals surface area contributed by atoms with Crippen molar-refractivity contribution in [3.8, 4) is 16.4 Å². The molecule has 2 aromatic rings. The van der Waals surface area contributed by atoms with Crippen LogP contribution < -0.4 is 10.5 Å². The van der Waals surface area contributed by atoms with E-state index in [1.54, 1.807) is 24.6 Å². The monoisotopic (exact) mass is 224 g/mol. The highest BCUT2D eigenvalue weighted by Crippen LogP contribution is 2.31. The minimum absolute atomic E-state index is 0.549.